The van der Waals surface area contributed by atoms with Gasteiger partial charge in [0.05, 0.1) is 17.2 Å². The van der Waals surface area contributed by atoms with Gasteiger partial charge in [0.1, 0.15) is 9.88 Å². The van der Waals surface area contributed by atoms with Crippen LogP contribution in [0.25, 0.3) is 10.6 Å². The number of benzene rings is 1. The van der Waals surface area contributed by atoms with E-state index >= 15 is 0 Å². The lowest BCUT2D eigenvalue weighted by molar-refractivity contribution is 0.0591. The van der Waals surface area contributed by atoms with Gasteiger partial charge in [-0.1, -0.05) is 35.3 Å². The molecule has 2 aromatic rings. The molecule has 0 amide bonds. The van der Waals surface area contributed by atoms with Crippen LogP contribution in [-0.4, -0.2) is 23.8 Å². The zero-order valence-electron chi connectivity index (χ0n) is 10.6. The van der Waals surface area contributed by atoms with Crippen LogP contribution in [0.5, 0.6) is 0 Å². The number of ether oxygens (including phenoxy) is 1. The predicted molar refractivity (Wildman–Crippen MR) is 78.9 cm³/mol. The number of carbonyl (C=O) groups excluding carboxylic acids is 2. The SMILES string of the molecule is COC(=O)c1nc(-c2cccc(Cl)c2Cl)sc1C(C)=O. The lowest BCUT2D eigenvalue weighted by Crippen LogP contribution is -2.06. The Kier molecular flexibility index (Phi) is 4.42. The van der Waals surface area contributed by atoms with E-state index in [1.807, 2.05) is 0 Å². The van der Waals surface area contributed by atoms with E-state index in [9.17, 15) is 9.59 Å². The summed E-state index contributed by atoms with van der Waals surface area (Å²) in [6.45, 7) is 1.36. The first-order valence-corrected chi connectivity index (χ1v) is 7.07. The van der Waals surface area contributed by atoms with E-state index < -0.39 is 5.97 Å². The molecule has 104 valence electrons. The second kappa shape index (κ2) is 5.91. The van der Waals surface area contributed by atoms with Crippen LogP contribution >= 0.6 is 34.5 Å². The van der Waals surface area contributed by atoms with Crippen LogP contribution in [0.4, 0.5) is 0 Å². The van der Waals surface area contributed by atoms with Gasteiger partial charge in [0.15, 0.2) is 11.5 Å². The Bertz CT molecular complexity index is 697. The summed E-state index contributed by atoms with van der Waals surface area (Å²) in [4.78, 5) is 27.6. The Morgan fingerprint density at radius 3 is 2.60 bits per heavy atom. The summed E-state index contributed by atoms with van der Waals surface area (Å²) in [5, 5.41) is 1.15. The molecule has 4 nitrogen and oxygen atoms in total. The number of ketones is 1. The summed E-state index contributed by atoms with van der Waals surface area (Å²) in [6, 6.07) is 5.09. The Morgan fingerprint density at radius 1 is 1.30 bits per heavy atom. The second-order valence-corrected chi connectivity index (χ2v) is 5.63. The molecule has 0 saturated carbocycles. The van der Waals surface area contributed by atoms with E-state index in [0.717, 1.165) is 11.3 Å². The van der Waals surface area contributed by atoms with E-state index in [1.165, 1.54) is 14.0 Å². The Morgan fingerprint density at radius 2 is 2.00 bits per heavy atom. The molecule has 0 saturated heterocycles. The first-order chi connectivity index (χ1) is 9.45. The molecule has 0 fully saturated rings. The van der Waals surface area contributed by atoms with Crippen molar-refractivity contribution < 1.29 is 14.3 Å². The molecule has 0 spiro atoms. The maximum atomic E-state index is 11.6. The molecule has 0 aliphatic rings. The van der Waals surface area contributed by atoms with Gasteiger partial charge in [0.2, 0.25) is 0 Å². The number of halogens is 2. The number of thiazole rings is 1. The topological polar surface area (TPSA) is 56.3 Å². The summed E-state index contributed by atoms with van der Waals surface area (Å²) in [7, 11) is 1.23. The van der Waals surface area contributed by atoms with Crippen molar-refractivity contribution in [1.82, 2.24) is 4.98 Å². The highest BCUT2D eigenvalue weighted by Gasteiger charge is 2.23. The van der Waals surface area contributed by atoms with Crippen molar-refractivity contribution in [3.05, 3.63) is 38.8 Å². The van der Waals surface area contributed by atoms with Gasteiger partial charge in [-0.15, -0.1) is 11.3 Å². The molecule has 0 aliphatic carbocycles. The molecular formula is C13H9Cl2NO3S. The van der Waals surface area contributed by atoms with Crippen molar-refractivity contribution in [3.63, 3.8) is 0 Å². The van der Waals surface area contributed by atoms with Gasteiger partial charge in [-0.2, -0.15) is 0 Å². The Labute approximate surface area is 129 Å². The monoisotopic (exact) mass is 329 g/mol. The lowest BCUT2D eigenvalue weighted by atomic mass is 10.2. The quantitative estimate of drug-likeness (QED) is 0.628. The molecule has 7 heteroatoms. The Balaban J connectivity index is 2.62. The molecule has 0 radical (unpaired) electrons. The average Bonchev–Trinajstić information content (AvgIpc) is 2.86. The van der Waals surface area contributed by atoms with Gasteiger partial charge in [-0.3, -0.25) is 4.79 Å². The van der Waals surface area contributed by atoms with Gasteiger partial charge >= 0.3 is 5.97 Å². The molecule has 1 aromatic carbocycles. The molecule has 2 rings (SSSR count). The third-order valence-corrected chi connectivity index (χ3v) is 4.52. The van der Waals surface area contributed by atoms with Crippen LogP contribution in [0.1, 0.15) is 27.1 Å². The molecular weight excluding hydrogens is 321 g/mol. The fourth-order valence-corrected chi connectivity index (χ4v) is 3.00. The largest absolute Gasteiger partial charge is 0.464 e. The standard InChI is InChI=1S/C13H9Cl2NO3S/c1-6(17)11-10(13(18)19-2)16-12(20-11)7-4-3-5-8(14)9(7)15/h3-5H,1-2H3. The first kappa shape index (κ1) is 15.0. The number of hydrogen-bond donors (Lipinski definition) is 0. The van der Waals surface area contributed by atoms with E-state index in [0.29, 0.717) is 20.6 Å². The summed E-state index contributed by atoms with van der Waals surface area (Å²) >= 11 is 13.1. The molecule has 0 bridgehead atoms. The fraction of sp³-hybridized carbons (Fsp3) is 0.154. The van der Waals surface area contributed by atoms with Crippen molar-refractivity contribution in [2.24, 2.45) is 0 Å². The van der Waals surface area contributed by atoms with Crippen molar-refractivity contribution in [1.29, 1.82) is 0 Å². The fourth-order valence-electron chi connectivity index (χ4n) is 1.58. The maximum absolute atomic E-state index is 11.6. The van der Waals surface area contributed by atoms with E-state index in [1.54, 1.807) is 18.2 Å². The van der Waals surface area contributed by atoms with Crippen LogP contribution < -0.4 is 0 Å². The number of rotatable bonds is 3. The van der Waals surface area contributed by atoms with Crippen molar-refractivity contribution in [2.75, 3.05) is 7.11 Å². The second-order valence-electron chi connectivity index (χ2n) is 3.85. The third-order valence-electron chi connectivity index (χ3n) is 2.51. The molecule has 0 atom stereocenters. The van der Waals surface area contributed by atoms with Gasteiger partial charge in [-0.05, 0) is 6.07 Å². The minimum atomic E-state index is -0.657. The molecule has 0 aliphatic heterocycles. The number of carbonyl (C=O) groups is 2. The summed E-state index contributed by atoms with van der Waals surface area (Å²) in [5.41, 5.74) is 0.567. The number of Topliss-reactive ketones (excluding diaryl/α,β-unsaturated/α-hetero) is 1. The highest BCUT2D eigenvalue weighted by molar-refractivity contribution is 7.17. The number of methoxy groups -OCH3 is 1. The normalized spacial score (nSPS) is 10.4. The van der Waals surface area contributed by atoms with Crippen LogP contribution in [0.15, 0.2) is 18.2 Å². The zero-order valence-corrected chi connectivity index (χ0v) is 12.9. The van der Waals surface area contributed by atoms with Crippen LogP contribution in [-0.2, 0) is 4.74 Å². The number of nitrogens with zero attached hydrogens (tertiary/aromatic N) is 1. The zero-order chi connectivity index (χ0) is 14.9. The van der Waals surface area contributed by atoms with Crippen molar-refractivity contribution >= 4 is 46.3 Å². The summed E-state index contributed by atoms with van der Waals surface area (Å²) in [5.74, 6) is -0.914. The average molecular weight is 330 g/mol. The van der Waals surface area contributed by atoms with Crippen LogP contribution in [0, 0.1) is 0 Å². The third kappa shape index (κ3) is 2.70. The highest BCUT2D eigenvalue weighted by Crippen LogP contribution is 2.36. The first-order valence-electron chi connectivity index (χ1n) is 5.50. The summed E-state index contributed by atoms with van der Waals surface area (Å²) in [6.07, 6.45) is 0. The Hall–Kier alpha value is -1.43. The van der Waals surface area contributed by atoms with Crippen molar-refractivity contribution in [2.45, 2.75) is 6.92 Å². The molecule has 1 heterocycles. The van der Waals surface area contributed by atoms with E-state index in [4.69, 9.17) is 23.2 Å². The smallest absolute Gasteiger partial charge is 0.358 e. The molecule has 1 aromatic heterocycles. The van der Waals surface area contributed by atoms with E-state index in [-0.39, 0.29) is 16.4 Å². The van der Waals surface area contributed by atoms with Crippen molar-refractivity contribution in [3.8, 4) is 10.6 Å². The van der Waals surface area contributed by atoms with Gasteiger partial charge in [0.25, 0.3) is 0 Å². The number of esters is 1. The van der Waals surface area contributed by atoms with Gasteiger partial charge < -0.3 is 4.74 Å². The predicted octanol–water partition coefficient (Wildman–Crippen LogP) is 4.11. The number of hydrogen-bond acceptors (Lipinski definition) is 5. The molecule has 20 heavy (non-hydrogen) atoms. The van der Waals surface area contributed by atoms with E-state index in [2.05, 4.69) is 9.72 Å². The number of aromatic nitrogens is 1. The van der Waals surface area contributed by atoms with Gasteiger partial charge in [-0.25, -0.2) is 9.78 Å². The molecule has 0 N–H and O–H groups in total. The lowest BCUT2D eigenvalue weighted by Gasteiger charge is -2.01. The maximum Gasteiger partial charge on any atom is 0.358 e. The minimum Gasteiger partial charge on any atom is -0.464 e. The van der Waals surface area contributed by atoms with Gasteiger partial charge in [0, 0.05) is 12.5 Å². The minimum absolute atomic E-state index is 0.00366. The molecule has 0 unspecified atom stereocenters. The highest BCUT2D eigenvalue weighted by atomic mass is 35.5. The summed E-state index contributed by atoms with van der Waals surface area (Å²) < 4.78 is 4.62. The van der Waals surface area contributed by atoms with Crippen LogP contribution in [0.3, 0.4) is 0 Å². The van der Waals surface area contributed by atoms with Crippen LogP contribution in [0.2, 0.25) is 10.0 Å².